The molecular weight excluding hydrogens is 332 g/mol. The summed E-state index contributed by atoms with van der Waals surface area (Å²) in [6.07, 6.45) is 3.77. The van der Waals surface area contributed by atoms with Crippen LogP contribution in [0.1, 0.15) is 55.8 Å². The lowest BCUT2D eigenvalue weighted by atomic mass is 9.39. The highest BCUT2D eigenvalue weighted by Crippen LogP contribution is 2.70. The summed E-state index contributed by atoms with van der Waals surface area (Å²) in [7, 11) is 0. The number of hydrogen-bond acceptors (Lipinski definition) is 3. The van der Waals surface area contributed by atoms with Crippen molar-refractivity contribution in [2.24, 2.45) is 11.3 Å². The number of rotatable bonds is 4. The van der Waals surface area contributed by atoms with Crippen LogP contribution >= 0.6 is 0 Å². The van der Waals surface area contributed by atoms with Gasteiger partial charge in [-0.25, -0.2) is 0 Å². The molecule has 2 fully saturated rings. The molecule has 0 amide bonds. The number of hydrogen-bond donors (Lipinski definition) is 0. The molecule has 2 aliphatic carbocycles. The Hall–Kier alpha value is -2.62. The molecule has 4 rings (SSSR count). The highest BCUT2D eigenvalue weighted by Gasteiger charge is 2.75. The molecule has 2 aromatic carbocycles. The maximum Gasteiger partial charge on any atom is 0.179 e. The molecule has 0 saturated heterocycles. The SMILES string of the molecule is C[C@@H](O[C@]12CCCC[C@@H]1[C@H](c1ccccc1)C2(C#N)C#N)c1ccccc1. The predicted octanol–water partition coefficient (Wildman–Crippen LogP) is 5.52. The topological polar surface area (TPSA) is 56.8 Å². The number of benzene rings is 2. The molecule has 3 nitrogen and oxygen atoms in total. The van der Waals surface area contributed by atoms with Crippen LogP contribution in [-0.2, 0) is 4.74 Å². The lowest BCUT2D eigenvalue weighted by Crippen LogP contribution is -2.70. The molecule has 4 atom stereocenters. The summed E-state index contributed by atoms with van der Waals surface area (Å²) in [6, 6.07) is 25.0. The van der Waals surface area contributed by atoms with E-state index in [0.717, 1.165) is 36.8 Å². The van der Waals surface area contributed by atoms with Gasteiger partial charge < -0.3 is 4.74 Å². The molecule has 2 aromatic rings. The van der Waals surface area contributed by atoms with E-state index >= 15 is 0 Å². The first-order chi connectivity index (χ1) is 13.2. The number of ether oxygens (including phenoxy) is 1. The van der Waals surface area contributed by atoms with Gasteiger partial charge in [0, 0.05) is 11.8 Å². The molecule has 0 unspecified atom stereocenters. The minimum absolute atomic E-state index is 0.0861. The van der Waals surface area contributed by atoms with Crippen molar-refractivity contribution >= 4 is 0 Å². The first-order valence-electron chi connectivity index (χ1n) is 9.79. The zero-order valence-electron chi connectivity index (χ0n) is 15.6. The van der Waals surface area contributed by atoms with E-state index in [-0.39, 0.29) is 17.9 Å². The first kappa shape index (κ1) is 17.8. The van der Waals surface area contributed by atoms with Gasteiger partial charge in [-0.1, -0.05) is 73.5 Å². The van der Waals surface area contributed by atoms with Crippen LogP contribution in [0.3, 0.4) is 0 Å². The molecule has 136 valence electrons. The van der Waals surface area contributed by atoms with Gasteiger partial charge in [0.15, 0.2) is 5.41 Å². The molecule has 0 spiro atoms. The third kappa shape index (κ3) is 2.50. The van der Waals surface area contributed by atoms with E-state index < -0.39 is 11.0 Å². The Balaban J connectivity index is 1.75. The Kier molecular flexibility index (Phi) is 4.50. The van der Waals surface area contributed by atoms with Gasteiger partial charge in [-0.15, -0.1) is 0 Å². The average Bonchev–Trinajstić information content (AvgIpc) is 2.72. The second-order valence-electron chi connectivity index (χ2n) is 7.83. The lowest BCUT2D eigenvalue weighted by Gasteiger charge is -2.65. The fourth-order valence-electron chi connectivity index (χ4n) is 5.41. The van der Waals surface area contributed by atoms with Crippen molar-refractivity contribution in [1.29, 1.82) is 10.5 Å². The summed E-state index contributed by atoms with van der Waals surface area (Å²) in [4.78, 5) is 0. The van der Waals surface area contributed by atoms with Crippen LogP contribution in [0, 0.1) is 34.0 Å². The molecule has 0 bridgehead atoms. The van der Waals surface area contributed by atoms with Crippen LogP contribution in [0.5, 0.6) is 0 Å². The molecule has 3 heteroatoms. The molecule has 2 aliphatic rings. The van der Waals surface area contributed by atoms with Crippen LogP contribution in [0.2, 0.25) is 0 Å². The standard InChI is InChI=1S/C24H24N2O/c1-18(19-10-4-2-5-11-19)27-24-15-9-8-14-21(24)22(23(24,16-25)17-26)20-12-6-3-7-13-20/h2-7,10-13,18,21-22H,8-9,14-15H2,1H3/t18-,21-,22+,24-/m1/s1. The highest BCUT2D eigenvalue weighted by molar-refractivity contribution is 5.45. The van der Waals surface area contributed by atoms with Crippen molar-refractivity contribution in [3.05, 3.63) is 71.8 Å². The first-order valence-corrected chi connectivity index (χ1v) is 9.79. The third-order valence-corrected chi connectivity index (χ3v) is 6.62. The zero-order valence-corrected chi connectivity index (χ0v) is 15.6. The molecule has 0 aromatic heterocycles. The average molecular weight is 356 g/mol. The van der Waals surface area contributed by atoms with Crippen molar-refractivity contribution in [3.8, 4) is 12.1 Å². The Morgan fingerprint density at radius 1 is 0.963 bits per heavy atom. The minimum atomic E-state index is -1.14. The van der Waals surface area contributed by atoms with Crippen molar-refractivity contribution in [2.45, 2.75) is 50.2 Å². The van der Waals surface area contributed by atoms with Crippen LogP contribution in [-0.4, -0.2) is 5.60 Å². The fourth-order valence-corrected chi connectivity index (χ4v) is 5.41. The Morgan fingerprint density at radius 2 is 1.59 bits per heavy atom. The molecule has 0 aliphatic heterocycles. The molecule has 2 saturated carbocycles. The summed E-state index contributed by atoms with van der Waals surface area (Å²) >= 11 is 0. The Labute approximate surface area is 161 Å². The van der Waals surface area contributed by atoms with Crippen LogP contribution in [0.15, 0.2) is 60.7 Å². The van der Waals surface area contributed by atoms with E-state index in [1.807, 2.05) is 67.6 Å². The maximum atomic E-state index is 10.2. The van der Waals surface area contributed by atoms with Gasteiger partial charge in [0.25, 0.3) is 0 Å². The monoisotopic (exact) mass is 356 g/mol. The van der Waals surface area contributed by atoms with Gasteiger partial charge in [-0.05, 0) is 30.9 Å². The fraction of sp³-hybridized carbons (Fsp3) is 0.417. The zero-order chi connectivity index (χ0) is 18.9. The van der Waals surface area contributed by atoms with Gasteiger partial charge in [-0.3, -0.25) is 0 Å². The second-order valence-corrected chi connectivity index (χ2v) is 7.83. The van der Waals surface area contributed by atoms with E-state index in [9.17, 15) is 10.5 Å². The van der Waals surface area contributed by atoms with E-state index in [4.69, 9.17) is 4.74 Å². The van der Waals surface area contributed by atoms with Crippen LogP contribution < -0.4 is 0 Å². The number of nitrogens with zero attached hydrogens (tertiary/aromatic N) is 2. The maximum absolute atomic E-state index is 10.2. The second kappa shape index (κ2) is 6.84. The summed E-state index contributed by atoms with van der Waals surface area (Å²) in [5.41, 5.74) is 0.343. The molecule has 0 radical (unpaired) electrons. The van der Waals surface area contributed by atoms with Crippen molar-refractivity contribution in [2.75, 3.05) is 0 Å². The van der Waals surface area contributed by atoms with Gasteiger partial charge in [0.2, 0.25) is 0 Å². The predicted molar refractivity (Wildman–Crippen MR) is 103 cm³/mol. The molecule has 27 heavy (non-hydrogen) atoms. The number of nitriles is 2. The molecule has 0 heterocycles. The Bertz CT molecular complexity index is 866. The number of fused-ring (bicyclic) bond motifs is 1. The summed E-state index contributed by atoms with van der Waals surface area (Å²) in [6.45, 7) is 2.03. The lowest BCUT2D eigenvalue weighted by molar-refractivity contribution is -0.256. The van der Waals surface area contributed by atoms with Crippen LogP contribution in [0.25, 0.3) is 0 Å². The van der Waals surface area contributed by atoms with E-state index in [1.54, 1.807) is 0 Å². The van der Waals surface area contributed by atoms with Gasteiger partial charge in [0.1, 0.15) is 5.60 Å². The molecular formula is C24H24N2O. The summed E-state index contributed by atoms with van der Waals surface area (Å²) in [5, 5.41) is 20.4. The van der Waals surface area contributed by atoms with E-state index in [2.05, 4.69) is 12.1 Å². The minimum Gasteiger partial charge on any atom is -0.364 e. The van der Waals surface area contributed by atoms with Crippen LogP contribution in [0.4, 0.5) is 0 Å². The normalized spacial score (nSPS) is 29.4. The van der Waals surface area contributed by atoms with Crippen molar-refractivity contribution < 1.29 is 4.74 Å². The largest absolute Gasteiger partial charge is 0.364 e. The van der Waals surface area contributed by atoms with Gasteiger partial charge >= 0.3 is 0 Å². The molecule has 0 N–H and O–H groups in total. The van der Waals surface area contributed by atoms with E-state index in [0.29, 0.717) is 0 Å². The van der Waals surface area contributed by atoms with Crippen molar-refractivity contribution in [1.82, 2.24) is 0 Å². The summed E-state index contributed by atoms with van der Waals surface area (Å²) in [5.74, 6) is 0.121. The van der Waals surface area contributed by atoms with Gasteiger partial charge in [0.05, 0.1) is 18.2 Å². The Morgan fingerprint density at radius 3 is 2.22 bits per heavy atom. The van der Waals surface area contributed by atoms with Gasteiger partial charge in [-0.2, -0.15) is 10.5 Å². The van der Waals surface area contributed by atoms with E-state index in [1.165, 1.54) is 0 Å². The van der Waals surface area contributed by atoms with Crippen molar-refractivity contribution in [3.63, 3.8) is 0 Å². The summed E-state index contributed by atoms with van der Waals surface area (Å²) < 4.78 is 6.67. The highest BCUT2D eigenvalue weighted by atomic mass is 16.5. The quantitative estimate of drug-likeness (QED) is 0.724. The third-order valence-electron chi connectivity index (χ3n) is 6.62. The smallest absolute Gasteiger partial charge is 0.179 e.